The van der Waals surface area contributed by atoms with Crippen LogP contribution >= 0.6 is 0 Å². The molecule has 0 fully saturated rings. The maximum Gasteiger partial charge on any atom is 0.337 e. The number of aliphatic hydroxyl groups excluding tert-OH is 1. The molecular weight excluding hydrogens is 673 g/mol. The zero-order chi connectivity index (χ0) is 37.1. The molecule has 0 saturated carbocycles. The smallest absolute Gasteiger partial charge is 0.337 e. The van der Waals surface area contributed by atoms with Gasteiger partial charge in [0.15, 0.2) is 0 Å². The van der Waals surface area contributed by atoms with Crippen LogP contribution in [0.5, 0.6) is 5.75 Å². The van der Waals surface area contributed by atoms with E-state index in [0.29, 0.717) is 16.9 Å². The van der Waals surface area contributed by atoms with Crippen molar-refractivity contribution < 1.29 is 37.4 Å². The summed E-state index contributed by atoms with van der Waals surface area (Å²) < 4.78 is 36.1. The predicted octanol–water partition coefficient (Wildman–Crippen LogP) is 3.86. The van der Waals surface area contributed by atoms with Crippen molar-refractivity contribution in [2.45, 2.75) is 38.1 Å². The van der Waals surface area contributed by atoms with Crippen molar-refractivity contribution in [2.24, 2.45) is 0 Å². The maximum absolute atomic E-state index is 13.9. The van der Waals surface area contributed by atoms with Crippen LogP contribution < -0.4 is 25.0 Å². The second kappa shape index (κ2) is 17.6. The van der Waals surface area contributed by atoms with Gasteiger partial charge in [0.2, 0.25) is 10.0 Å². The van der Waals surface area contributed by atoms with Gasteiger partial charge in [-0.05, 0) is 66.4 Å². The summed E-state index contributed by atoms with van der Waals surface area (Å²) in [6.45, 7) is 2.15. The molecule has 0 aromatic heterocycles. The molecule has 4 aromatic rings. The van der Waals surface area contributed by atoms with Crippen LogP contribution in [-0.4, -0.2) is 77.5 Å². The van der Waals surface area contributed by atoms with E-state index in [4.69, 9.17) is 9.47 Å². The van der Waals surface area contributed by atoms with Gasteiger partial charge >= 0.3 is 5.97 Å². The molecule has 51 heavy (non-hydrogen) atoms. The highest BCUT2D eigenvalue weighted by Crippen LogP contribution is 2.23. The number of anilines is 1. The molecule has 0 radical (unpaired) electrons. The molecule has 0 heterocycles. The Balaban J connectivity index is 1.58. The van der Waals surface area contributed by atoms with Crippen LogP contribution in [0.1, 0.15) is 60.7 Å². The Hall–Kier alpha value is -5.24. The first-order valence-corrected chi connectivity index (χ1v) is 18.1. The highest BCUT2D eigenvalue weighted by molar-refractivity contribution is 7.92. The number of ether oxygens (including phenoxy) is 2. The van der Waals surface area contributed by atoms with E-state index in [2.05, 4.69) is 16.0 Å². The molecule has 0 aliphatic carbocycles. The summed E-state index contributed by atoms with van der Waals surface area (Å²) in [6.07, 6.45) is 0.209. The molecule has 0 saturated heterocycles. The SMILES string of the molecule is COC(=O)c1cc(CNC[C@@H](O)[C@H](Cc2ccccc2)NC(=O)c2cc(C(=O)N[C@H](C)c3ccccc3)cc(N(C)S(C)(=O)=O)c2)cc(OC)c1. The molecule has 3 atom stereocenters. The molecular formula is C38H44N4O8S. The second-order valence-corrected chi connectivity index (χ2v) is 14.1. The summed E-state index contributed by atoms with van der Waals surface area (Å²) in [5.74, 6) is -1.16. The average molecular weight is 717 g/mol. The molecule has 0 unspecified atom stereocenters. The molecule has 0 spiro atoms. The van der Waals surface area contributed by atoms with Crippen molar-refractivity contribution in [2.75, 3.05) is 38.4 Å². The molecule has 4 aromatic carbocycles. The average Bonchev–Trinajstić information content (AvgIpc) is 3.13. The Kier molecular flexibility index (Phi) is 13.3. The van der Waals surface area contributed by atoms with E-state index in [1.807, 2.05) is 67.6 Å². The Morgan fingerprint density at radius 2 is 1.41 bits per heavy atom. The van der Waals surface area contributed by atoms with Crippen LogP contribution in [0, 0.1) is 0 Å². The fourth-order valence-corrected chi connectivity index (χ4v) is 5.87. The Morgan fingerprint density at radius 1 is 0.804 bits per heavy atom. The van der Waals surface area contributed by atoms with E-state index in [0.717, 1.165) is 21.7 Å². The lowest BCUT2D eigenvalue weighted by atomic mass is 9.99. The third-order valence-electron chi connectivity index (χ3n) is 8.34. The van der Waals surface area contributed by atoms with Crippen LogP contribution in [0.15, 0.2) is 97.1 Å². The van der Waals surface area contributed by atoms with Crippen LogP contribution in [0.4, 0.5) is 5.69 Å². The number of rotatable bonds is 16. The first kappa shape index (κ1) is 38.6. The van der Waals surface area contributed by atoms with Crippen molar-refractivity contribution in [3.8, 4) is 5.75 Å². The highest BCUT2D eigenvalue weighted by Gasteiger charge is 2.25. The van der Waals surface area contributed by atoms with Gasteiger partial charge in [-0.3, -0.25) is 13.9 Å². The van der Waals surface area contributed by atoms with Gasteiger partial charge in [0.05, 0.1) is 49.9 Å². The largest absolute Gasteiger partial charge is 0.497 e. The van der Waals surface area contributed by atoms with E-state index >= 15 is 0 Å². The number of sulfonamides is 1. The van der Waals surface area contributed by atoms with Gasteiger partial charge in [-0.15, -0.1) is 0 Å². The number of nitrogens with zero attached hydrogens (tertiary/aromatic N) is 1. The molecule has 0 bridgehead atoms. The first-order chi connectivity index (χ1) is 24.3. The van der Waals surface area contributed by atoms with Gasteiger partial charge in [0.25, 0.3) is 11.8 Å². The van der Waals surface area contributed by atoms with Crippen molar-refractivity contribution in [3.05, 3.63) is 130 Å². The molecule has 0 aliphatic heterocycles. The molecule has 13 heteroatoms. The molecule has 12 nitrogen and oxygen atoms in total. The van der Waals surface area contributed by atoms with E-state index < -0.39 is 40.0 Å². The number of carbonyl (C=O) groups excluding carboxylic acids is 3. The lowest BCUT2D eigenvalue weighted by Gasteiger charge is -2.26. The van der Waals surface area contributed by atoms with E-state index in [9.17, 15) is 27.9 Å². The lowest BCUT2D eigenvalue weighted by Crippen LogP contribution is -2.48. The summed E-state index contributed by atoms with van der Waals surface area (Å²) >= 11 is 0. The lowest BCUT2D eigenvalue weighted by molar-refractivity contribution is 0.0599. The van der Waals surface area contributed by atoms with Gasteiger partial charge in [-0.25, -0.2) is 13.2 Å². The third-order valence-corrected chi connectivity index (χ3v) is 9.54. The van der Waals surface area contributed by atoms with Crippen LogP contribution in [0.25, 0.3) is 0 Å². The number of esters is 1. The van der Waals surface area contributed by atoms with Crippen molar-refractivity contribution in [1.82, 2.24) is 16.0 Å². The van der Waals surface area contributed by atoms with Crippen molar-refractivity contribution in [1.29, 1.82) is 0 Å². The summed E-state index contributed by atoms with van der Waals surface area (Å²) in [5, 5.41) is 20.4. The third kappa shape index (κ3) is 10.9. The predicted molar refractivity (Wildman–Crippen MR) is 195 cm³/mol. The monoisotopic (exact) mass is 716 g/mol. The number of aliphatic hydroxyl groups is 1. The minimum absolute atomic E-state index is 0.0328. The molecule has 4 rings (SSSR count). The van der Waals surface area contributed by atoms with E-state index in [1.165, 1.54) is 39.5 Å². The van der Waals surface area contributed by atoms with Gasteiger partial charge in [-0.1, -0.05) is 60.7 Å². The van der Waals surface area contributed by atoms with E-state index in [-0.39, 0.29) is 42.4 Å². The van der Waals surface area contributed by atoms with Crippen molar-refractivity contribution >= 4 is 33.5 Å². The van der Waals surface area contributed by atoms with Crippen LogP contribution in [0.2, 0.25) is 0 Å². The van der Waals surface area contributed by atoms with Gasteiger partial charge in [0.1, 0.15) is 5.75 Å². The number of amides is 2. The number of benzene rings is 4. The number of hydrogen-bond donors (Lipinski definition) is 4. The van der Waals surface area contributed by atoms with Crippen LogP contribution in [0.3, 0.4) is 0 Å². The van der Waals surface area contributed by atoms with E-state index in [1.54, 1.807) is 18.2 Å². The molecule has 2 amide bonds. The zero-order valence-corrected chi connectivity index (χ0v) is 30.1. The summed E-state index contributed by atoms with van der Waals surface area (Å²) in [6, 6.07) is 26.7. The Morgan fingerprint density at radius 3 is 2.00 bits per heavy atom. The van der Waals surface area contributed by atoms with Crippen molar-refractivity contribution in [3.63, 3.8) is 0 Å². The number of methoxy groups -OCH3 is 2. The minimum Gasteiger partial charge on any atom is -0.497 e. The summed E-state index contributed by atoms with van der Waals surface area (Å²) in [7, 11) is 0.376. The molecule has 0 aliphatic rings. The quantitative estimate of drug-likeness (QED) is 0.126. The summed E-state index contributed by atoms with van der Waals surface area (Å²) in [4.78, 5) is 39.5. The number of nitrogens with one attached hydrogen (secondary N) is 3. The molecule has 270 valence electrons. The second-order valence-electron chi connectivity index (χ2n) is 12.1. The molecule has 4 N–H and O–H groups in total. The fraction of sp³-hybridized carbons (Fsp3) is 0.289. The normalized spacial score (nSPS) is 13.0. The van der Waals surface area contributed by atoms with Gasteiger partial charge < -0.3 is 30.5 Å². The number of hydrogen-bond acceptors (Lipinski definition) is 9. The van der Waals surface area contributed by atoms with Crippen LogP contribution in [-0.2, 0) is 27.7 Å². The highest BCUT2D eigenvalue weighted by atomic mass is 32.2. The van der Waals surface area contributed by atoms with Gasteiger partial charge in [0, 0.05) is 31.3 Å². The zero-order valence-electron chi connectivity index (χ0n) is 29.3. The topological polar surface area (TPSA) is 163 Å². The summed E-state index contributed by atoms with van der Waals surface area (Å²) in [5.41, 5.74) is 2.99. The minimum atomic E-state index is -3.74. The van der Waals surface area contributed by atoms with Gasteiger partial charge in [-0.2, -0.15) is 0 Å². The first-order valence-electron chi connectivity index (χ1n) is 16.2. The Bertz CT molecular complexity index is 1920. The number of carbonyl (C=O) groups is 3. The maximum atomic E-state index is 13.9. The Labute approximate surface area is 298 Å². The standard InChI is InChI=1S/C38H44N4O8S/c1-25(28-14-10-7-11-15-28)40-36(44)29-19-30(21-32(20-29)42(2)51(5,47)48)37(45)41-34(18-26-12-8-6-9-13-26)35(43)24-39-23-27-16-31(38(46)50-4)22-33(17-27)49-3/h6-17,19-22,25,34-35,39,43H,18,23-24H2,1-5H3,(H,40,44)(H,41,45)/t25-,34+,35-/m1/s1. The fourth-order valence-electron chi connectivity index (χ4n) is 5.38.